The summed E-state index contributed by atoms with van der Waals surface area (Å²) in [6.07, 6.45) is -3.12. The van der Waals surface area contributed by atoms with Crippen molar-refractivity contribution in [1.82, 2.24) is 0 Å². The van der Waals surface area contributed by atoms with Crippen molar-refractivity contribution in [3.8, 4) is 0 Å². The molecule has 2 unspecified atom stereocenters. The predicted molar refractivity (Wildman–Crippen MR) is 113 cm³/mol. The van der Waals surface area contributed by atoms with Crippen LogP contribution in [0.25, 0.3) is 6.08 Å². The molecule has 36 heavy (non-hydrogen) atoms. The van der Waals surface area contributed by atoms with Gasteiger partial charge in [-0.3, -0.25) is 0 Å². The fourth-order valence-electron chi connectivity index (χ4n) is 3.08. The topological polar surface area (TPSA) is 9.23 Å². The Kier molecular flexibility index (Phi) is 8.99. The van der Waals surface area contributed by atoms with Crippen LogP contribution < -0.4 is 5.19 Å². The van der Waals surface area contributed by atoms with Crippen LogP contribution in [-0.2, 0) is 4.12 Å². The highest BCUT2D eigenvalue weighted by Gasteiger charge is 2.90. The standard InChI is InChI=1S/C20H23F13OSi2/c1-6-13-9-7-8-10-14(13)35(34-36(3,4)5)11-15(22,23)17(26,27)19(30,31)20(32,33)18(28,29)16(24,25)12(2)21/h6-10,12,35H,1,11H2,2-5H3. The van der Waals surface area contributed by atoms with E-state index in [1.165, 1.54) is 37.8 Å². The van der Waals surface area contributed by atoms with Gasteiger partial charge in [0.1, 0.15) is 0 Å². The number of hydrogen-bond acceptors (Lipinski definition) is 1. The lowest BCUT2D eigenvalue weighted by atomic mass is 9.90. The number of halogens is 13. The number of rotatable bonds is 12. The lowest BCUT2D eigenvalue weighted by molar-refractivity contribution is -0.426. The Bertz CT molecular complexity index is 926. The lowest BCUT2D eigenvalue weighted by Gasteiger charge is -2.42. The van der Waals surface area contributed by atoms with E-state index in [9.17, 15) is 57.1 Å². The Labute approximate surface area is 201 Å². The highest BCUT2D eigenvalue weighted by atomic mass is 28.4. The molecule has 208 valence electrons. The van der Waals surface area contributed by atoms with Gasteiger partial charge >= 0.3 is 35.5 Å². The molecule has 0 N–H and O–H groups in total. The summed E-state index contributed by atoms with van der Waals surface area (Å²) in [5.74, 6) is -43.1. The van der Waals surface area contributed by atoms with Crippen LogP contribution in [0.3, 0.4) is 0 Å². The molecule has 0 radical (unpaired) electrons. The fourth-order valence-corrected chi connectivity index (χ4v) is 9.19. The zero-order chi connectivity index (χ0) is 28.8. The lowest BCUT2D eigenvalue weighted by Crippen LogP contribution is -2.72. The molecule has 0 heterocycles. The van der Waals surface area contributed by atoms with Crippen molar-refractivity contribution in [3.63, 3.8) is 0 Å². The molecule has 1 rings (SSSR count). The first-order chi connectivity index (χ1) is 15.8. The molecule has 0 fully saturated rings. The molecule has 0 aromatic heterocycles. The Morgan fingerprint density at radius 1 is 0.833 bits per heavy atom. The molecule has 0 saturated carbocycles. The average Bonchev–Trinajstić information content (AvgIpc) is 2.71. The summed E-state index contributed by atoms with van der Waals surface area (Å²) >= 11 is 0. The first-order valence-electron chi connectivity index (χ1n) is 10.1. The maximum Gasteiger partial charge on any atom is 0.384 e. The van der Waals surface area contributed by atoms with Crippen LogP contribution in [0.15, 0.2) is 30.8 Å². The first kappa shape index (κ1) is 32.5. The second-order valence-corrected chi connectivity index (χ2v) is 16.2. The van der Waals surface area contributed by atoms with Gasteiger partial charge in [-0.2, -0.15) is 52.7 Å². The van der Waals surface area contributed by atoms with Crippen LogP contribution in [0.5, 0.6) is 0 Å². The van der Waals surface area contributed by atoms with Gasteiger partial charge in [0, 0.05) is 6.04 Å². The summed E-state index contributed by atoms with van der Waals surface area (Å²) in [6.45, 7) is 7.23. The maximum absolute atomic E-state index is 14.7. The smallest absolute Gasteiger partial charge is 0.384 e. The maximum atomic E-state index is 14.7. The molecule has 0 aliphatic heterocycles. The summed E-state index contributed by atoms with van der Waals surface area (Å²) in [5, 5.41) is -0.149. The fraction of sp³-hybridized carbons (Fsp3) is 0.600. The molecular weight excluding hydrogens is 559 g/mol. The monoisotopic (exact) mass is 582 g/mol. The Morgan fingerprint density at radius 3 is 1.69 bits per heavy atom. The van der Waals surface area contributed by atoms with E-state index in [2.05, 4.69) is 6.58 Å². The molecule has 0 aliphatic carbocycles. The van der Waals surface area contributed by atoms with E-state index in [0.29, 0.717) is 0 Å². The molecule has 1 nitrogen and oxygen atoms in total. The highest BCUT2D eigenvalue weighted by Crippen LogP contribution is 2.61. The van der Waals surface area contributed by atoms with E-state index in [1.807, 2.05) is 0 Å². The van der Waals surface area contributed by atoms with E-state index < -0.39 is 72.0 Å². The van der Waals surface area contributed by atoms with Gasteiger partial charge in [-0.15, -0.1) is 0 Å². The second kappa shape index (κ2) is 9.96. The largest absolute Gasteiger partial charge is 0.454 e. The minimum absolute atomic E-state index is 0.0757. The van der Waals surface area contributed by atoms with Gasteiger partial charge < -0.3 is 4.12 Å². The van der Waals surface area contributed by atoms with Gasteiger partial charge in [0.05, 0.1) is 0 Å². The van der Waals surface area contributed by atoms with Crippen molar-refractivity contribution in [2.75, 3.05) is 0 Å². The SMILES string of the molecule is C=Cc1ccccc1[SiH](CC(F)(F)C(F)(F)C(F)(F)C(F)(F)C(F)(F)C(F)(F)C(C)F)O[Si](C)(C)C. The van der Waals surface area contributed by atoms with Gasteiger partial charge in [-0.25, -0.2) is 4.39 Å². The summed E-state index contributed by atoms with van der Waals surface area (Å²) in [5.41, 5.74) is 0.0757. The van der Waals surface area contributed by atoms with Crippen molar-refractivity contribution >= 4 is 28.6 Å². The number of alkyl halides is 13. The average molecular weight is 583 g/mol. The molecular formula is C20H23F13OSi2. The molecule has 16 heteroatoms. The summed E-state index contributed by atoms with van der Waals surface area (Å²) in [7, 11) is -6.82. The van der Waals surface area contributed by atoms with E-state index in [4.69, 9.17) is 4.12 Å². The van der Waals surface area contributed by atoms with E-state index in [0.717, 1.165) is 12.1 Å². The van der Waals surface area contributed by atoms with Crippen LogP contribution >= 0.6 is 0 Å². The molecule has 1 aromatic rings. The minimum Gasteiger partial charge on any atom is -0.454 e. The zero-order valence-corrected chi connectivity index (χ0v) is 21.4. The first-order valence-corrected chi connectivity index (χ1v) is 15.4. The summed E-state index contributed by atoms with van der Waals surface area (Å²) in [4.78, 5) is 0. The Balaban J connectivity index is 3.64. The quantitative estimate of drug-likeness (QED) is 0.186. The molecule has 0 saturated heterocycles. The van der Waals surface area contributed by atoms with E-state index >= 15 is 0 Å². The molecule has 1 aromatic carbocycles. The van der Waals surface area contributed by atoms with E-state index in [1.54, 1.807) is 0 Å². The van der Waals surface area contributed by atoms with Gasteiger partial charge in [-0.05, 0) is 37.3 Å². The Hall–Kier alpha value is -1.56. The highest BCUT2D eigenvalue weighted by molar-refractivity contribution is 6.82. The third kappa shape index (κ3) is 5.49. The van der Waals surface area contributed by atoms with Crippen LogP contribution in [0.2, 0.25) is 25.7 Å². The van der Waals surface area contributed by atoms with Crippen molar-refractivity contribution in [3.05, 3.63) is 36.4 Å². The van der Waals surface area contributed by atoms with Gasteiger partial charge in [0.2, 0.25) is 9.04 Å². The molecule has 0 bridgehead atoms. The molecule has 0 amide bonds. The van der Waals surface area contributed by atoms with Crippen LogP contribution in [0.1, 0.15) is 12.5 Å². The number of benzene rings is 1. The third-order valence-electron chi connectivity index (χ3n) is 5.06. The normalized spacial score (nSPS) is 16.6. The Morgan fingerprint density at radius 2 is 1.28 bits per heavy atom. The van der Waals surface area contributed by atoms with Crippen molar-refractivity contribution < 1.29 is 61.2 Å². The van der Waals surface area contributed by atoms with Crippen LogP contribution in [0, 0.1) is 0 Å². The predicted octanol–water partition coefficient (Wildman–Crippen LogP) is 7.28. The number of hydrogen-bond donors (Lipinski definition) is 0. The third-order valence-corrected chi connectivity index (χ3v) is 11.1. The molecule has 2 atom stereocenters. The summed E-state index contributed by atoms with van der Waals surface area (Å²) < 4.78 is 187. The van der Waals surface area contributed by atoms with Crippen LogP contribution in [0.4, 0.5) is 57.1 Å². The van der Waals surface area contributed by atoms with Crippen LogP contribution in [-0.4, -0.2) is 59.1 Å². The van der Waals surface area contributed by atoms with Crippen molar-refractivity contribution in [2.45, 2.75) is 74.3 Å². The van der Waals surface area contributed by atoms with Crippen molar-refractivity contribution in [1.29, 1.82) is 0 Å². The van der Waals surface area contributed by atoms with Gasteiger partial charge in [0.15, 0.2) is 14.5 Å². The van der Waals surface area contributed by atoms with E-state index in [-0.39, 0.29) is 10.8 Å². The second-order valence-electron chi connectivity index (χ2n) is 9.00. The van der Waals surface area contributed by atoms with Gasteiger partial charge in [0.25, 0.3) is 0 Å². The minimum atomic E-state index is -7.80. The molecule has 0 aliphatic rings. The summed E-state index contributed by atoms with van der Waals surface area (Å²) in [6, 6.07) is 2.77. The molecule has 0 spiro atoms. The zero-order valence-electron chi connectivity index (χ0n) is 19.3. The van der Waals surface area contributed by atoms with Gasteiger partial charge in [-0.1, -0.05) is 36.9 Å². The van der Waals surface area contributed by atoms with Crippen molar-refractivity contribution in [2.24, 2.45) is 0 Å².